The molecule has 1 aliphatic heterocycles. The van der Waals surface area contributed by atoms with E-state index in [1.165, 1.54) is 22.2 Å². The minimum absolute atomic E-state index is 0.144. The summed E-state index contributed by atoms with van der Waals surface area (Å²) >= 11 is 7.28. The van der Waals surface area contributed by atoms with E-state index in [1.54, 1.807) is 24.3 Å². The molecule has 32 heavy (non-hydrogen) atoms. The Morgan fingerprint density at radius 1 is 1.38 bits per heavy atom. The molecule has 7 nitrogen and oxygen atoms in total. The summed E-state index contributed by atoms with van der Waals surface area (Å²) in [7, 11) is 0. The zero-order valence-corrected chi connectivity index (χ0v) is 19.2. The Kier molecular flexibility index (Phi) is 5.23. The maximum atomic E-state index is 13.1. The highest BCUT2D eigenvalue weighted by atomic mass is 35.5. The summed E-state index contributed by atoms with van der Waals surface area (Å²) in [6.45, 7) is 4.56. The average molecular weight is 469 g/mol. The van der Waals surface area contributed by atoms with E-state index in [1.807, 2.05) is 6.07 Å². The minimum atomic E-state index is -0.332. The van der Waals surface area contributed by atoms with E-state index >= 15 is 0 Å². The Hall–Kier alpha value is -2.81. The molecule has 1 amide bonds. The number of pyridine rings is 1. The van der Waals surface area contributed by atoms with Gasteiger partial charge in [-0.1, -0.05) is 24.6 Å². The largest absolute Gasteiger partial charge is 0.370 e. The van der Waals surface area contributed by atoms with Crippen LogP contribution in [0.25, 0.3) is 20.4 Å². The van der Waals surface area contributed by atoms with Crippen molar-refractivity contribution in [1.82, 2.24) is 14.5 Å². The third kappa shape index (κ3) is 3.79. The third-order valence-electron chi connectivity index (χ3n) is 5.89. The number of carbonyl (C=O) groups excluding carboxylic acids is 1. The minimum Gasteiger partial charge on any atom is -0.370 e. The van der Waals surface area contributed by atoms with Crippen molar-refractivity contribution >= 4 is 55.0 Å². The standard InChI is InChI=1S/C23H21ClN4O3S/c1-3-23(2)9-17-13(11-31-23)7-16-19-20(32-21(16)27-17)22(30)28(12-25-19)10-18(29)26-15-6-4-5-14(24)8-15/h4-8,12H,3,9-11H2,1-2H3,(H,26,29). The van der Waals surface area contributed by atoms with E-state index in [-0.39, 0.29) is 23.6 Å². The first-order valence-corrected chi connectivity index (χ1v) is 11.5. The Balaban J connectivity index is 1.48. The molecular formula is C23H21ClN4O3S. The van der Waals surface area contributed by atoms with Crippen molar-refractivity contribution in [3.8, 4) is 0 Å². The highest BCUT2D eigenvalue weighted by molar-refractivity contribution is 7.25. The van der Waals surface area contributed by atoms with Crippen molar-refractivity contribution in [2.45, 2.75) is 45.4 Å². The first-order valence-electron chi connectivity index (χ1n) is 10.3. The fraction of sp³-hybridized carbons (Fsp3) is 0.304. The zero-order chi connectivity index (χ0) is 22.5. The Bertz CT molecular complexity index is 1430. The van der Waals surface area contributed by atoms with E-state index in [0.717, 1.165) is 34.3 Å². The van der Waals surface area contributed by atoms with E-state index in [4.69, 9.17) is 21.3 Å². The number of anilines is 1. The molecular weight excluding hydrogens is 448 g/mol. The summed E-state index contributed by atoms with van der Waals surface area (Å²) in [6.07, 6.45) is 3.06. The van der Waals surface area contributed by atoms with Crippen LogP contribution in [0.2, 0.25) is 5.02 Å². The topological polar surface area (TPSA) is 86.1 Å². The van der Waals surface area contributed by atoms with Gasteiger partial charge in [-0.15, -0.1) is 11.3 Å². The van der Waals surface area contributed by atoms with E-state index in [2.05, 4.69) is 24.1 Å². The summed E-state index contributed by atoms with van der Waals surface area (Å²) in [5, 5.41) is 4.12. The first kappa shape index (κ1) is 21.1. The Labute approximate surface area is 193 Å². The van der Waals surface area contributed by atoms with Gasteiger partial charge in [-0.3, -0.25) is 14.2 Å². The second kappa shape index (κ2) is 7.95. The summed E-state index contributed by atoms with van der Waals surface area (Å²) in [5.74, 6) is -0.332. The van der Waals surface area contributed by atoms with E-state index in [0.29, 0.717) is 27.5 Å². The van der Waals surface area contributed by atoms with Crippen LogP contribution in [0.15, 0.2) is 41.5 Å². The summed E-state index contributed by atoms with van der Waals surface area (Å²) < 4.78 is 7.85. The van der Waals surface area contributed by atoms with Crippen LogP contribution in [-0.4, -0.2) is 26.0 Å². The molecule has 4 heterocycles. The second-order valence-electron chi connectivity index (χ2n) is 8.23. The predicted molar refractivity (Wildman–Crippen MR) is 126 cm³/mol. The maximum Gasteiger partial charge on any atom is 0.271 e. The lowest BCUT2D eigenvalue weighted by atomic mass is 9.91. The number of fused-ring (bicyclic) bond motifs is 4. The van der Waals surface area contributed by atoms with E-state index < -0.39 is 0 Å². The van der Waals surface area contributed by atoms with Gasteiger partial charge in [0.05, 0.1) is 29.7 Å². The molecule has 1 aromatic carbocycles. The molecule has 0 spiro atoms. The van der Waals surface area contributed by atoms with Crippen LogP contribution < -0.4 is 10.9 Å². The molecule has 9 heteroatoms. The fourth-order valence-corrected chi connectivity index (χ4v) is 5.14. The molecule has 1 atom stereocenters. The number of rotatable bonds is 4. The number of nitrogens with one attached hydrogen (secondary N) is 1. The van der Waals surface area contributed by atoms with Gasteiger partial charge in [0, 0.05) is 28.1 Å². The van der Waals surface area contributed by atoms with Gasteiger partial charge in [0.25, 0.3) is 5.56 Å². The van der Waals surface area contributed by atoms with Gasteiger partial charge in [-0.2, -0.15) is 0 Å². The number of ether oxygens (including phenoxy) is 1. The van der Waals surface area contributed by atoms with Gasteiger partial charge in [0.2, 0.25) is 5.91 Å². The van der Waals surface area contributed by atoms with Gasteiger partial charge in [-0.05, 0) is 37.6 Å². The molecule has 0 bridgehead atoms. The fourth-order valence-electron chi connectivity index (χ4n) is 3.87. The van der Waals surface area contributed by atoms with Gasteiger partial charge in [0.1, 0.15) is 16.1 Å². The molecule has 0 saturated heterocycles. The van der Waals surface area contributed by atoms with Crippen LogP contribution in [-0.2, 0) is 29.1 Å². The van der Waals surface area contributed by atoms with Gasteiger partial charge in [0.15, 0.2) is 0 Å². The molecule has 0 fully saturated rings. The van der Waals surface area contributed by atoms with Crippen LogP contribution in [0.5, 0.6) is 0 Å². The lowest BCUT2D eigenvalue weighted by Gasteiger charge is -2.33. The molecule has 3 aromatic heterocycles. The molecule has 0 aliphatic carbocycles. The third-order valence-corrected chi connectivity index (χ3v) is 7.21. The van der Waals surface area contributed by atoms with Crippen molar-refractivity contribution < 1.29 is 9.53 Å². The number of aromatic nitrogens is 3. The van der Waals surface area contributed by atoms with Crippen molar-refractivity contribution in [3.05, 3.63) is 63.3 Å². The molecule has 5 rings (SSSR count). The predicted octanol–water partition coefficient (Wildman–Crippen LogP) is 4.54. The lowest BCUT2D eigenvalue weighted by molar-refractivity contribution is -0.116. The van der Waals surface area contributed by atoms with Crippen molar-refractivity contribution in [2.24, 2.45) is 0 Å². The Morgan fingerprint density at radius 3 is 3.00 bits per heavy atom. The molecule has 0 radical (unpaired) electrons. The lowest BCUT2D eigenvalue weighted by Crippen LogP contribution is -2.35. The smallest absolute Gasteiger partial charge is 0.271 e. The van der Waals surface area contributed by atoms with Crippen LogP contribution in [0.4, 0.5) is 5.69 Å². The highest BCUT2D eigenvalue weighted by Gasteiger charge is 2.31. The van der Waals surface area contributed by atoms with Crippen LogP contribution >= 0.6 is 22.9 Å². The number of thiophene rings is 1. The molecule has 0 saturated carbocycles. The van der Waals surface area contributed by atoms with Crippen molar-refractivity contribution in [2.75, 3.05) is 5.32 Å². The van der Waals surface area contributed by atoms with Gasteiger partial charge in [-0.25, -0.2) is 9.97 Å². The van der Waals surface area contributed by atoms with Crippen LogP contribution in [0.1, 0.15) is 31.5 Å². The number of hydrogen-bond acceptors (Lipinski definition) is 6. The number of halogens is 1. The number of benzene rings is 1. The molecule has 4 aromatic rings. The van der Waals surface area contributed by atoms with Crippen molar-refractivity contribution in [1.29, 1.82) is 0 Å². The SMILES string of the molecule is CCC1(C)Cc2nc3sc4c(=O)n(CC(=O)Nc5cccc(Cl)c5)cnc4c3cc2CO1. The van der Waals surface area contributed by atoms with Crippen LogP contribution in [0, 0.1) is 0 Å². The number of nitrogens with zero attached hydrogens (tertiary/aromatic N) is 3. The van der Waals surface area contributed by atoms with Crippen LogP contribution in [0.3, 0.4) is 0 Å². The number of amides is 1. The second-order valence-corrected chi connectivity index (χ2v) is 9.67. The Morgan fingerprint density at radius 2 is 2.22 bits per heavy atom. The van der Waals surface area contributed by atoms with E-state index in [9.17, 15) is 9.59 Å². The zero-order valence-electron chi connectivity index (χ0n) is 17.6. The number of carbonyl (C=O) groups is 1. The number of hydrogen-bond donors (Lipinski definition) is 1. The molecule has 1 aliphatic rings. The highest BCUT2D eigenvalue weighted by Crippen LogP contribution is 2.35. The molecule has 164 valence electrons. The summed E-state index contributed by atoms with van der Waals surface area (Å²) in [4.78, 5) is 35.7. The van der Waals surface area contributed by atoms with Gasteiger partial charge < -0.3 is 10.1 Å². The summed E-state index contributed by atoms with van der Waals surface area (Å²) in [5.41, 5.74) is 2.76. The monoisotopic (exact) mass is 468 g/mol. The molecule has 1 N–H and O–H groups in total. The maximum absolute atomic E-state index is 13.1. The van der Waals surface area contributed by atoms with Crippen molar-refractivity contribution in [3.63, 3.8) is 0 Å². The summed E-state index contributed by atoms with van der Waals surface area (Å²) in [6, 6.07) is 8.89. The quantitative estimate of drug-likeness (QED) is 0.475. The van der Waals surface area contributed by atoms with Gasteiger partial charge >= 0.3 is 0 Å². The molecule has 1 unspecified atom stereocenters. The first-order chi connectivity index (χ1) is 15.3. The normalized spacial score (nSPS) is 18.1. The average Bonchev–Trinajstić information content (AvgIpc) is 3.12.